The highest BCUT2D eigenvalue weighted by Gasteiger charge is 2.24. The Balaban J connectivity index is 0.00000225. The molecule has 0 aromatic heterocycles. The molecule has 0 radical (unpaired) electrons. The standard InChI is InChI=1S/C10H13F2NO2.ClH/c1-14-6-4-3-5-7(15-2)8(6)9(13)10(11)12;/h3-5,9-10H,13H2,1-2H3;1H/t9-;/m0./s1. The molecule has 0 amide bonds. The largest absolute Gasteiger partial charge is 0.496 e. The highest BCUT2D eigenvalue weighted by molar-refractivity contribution is 5.85. The SMILES string of the molecule is COc1cccc(OC)c1[C@H](N)C(F)F.Cl. The van der Waals surface area contributed by atoms with Crippen LogP contribution in [0.5, 0.6) is 11.5 Å². The van der Waals surface area contributed by atoms with Crippen LogP contribution in [0, 0.1) is 0 Å². The van der Waals surface area contributed by atoms with Gasteiger partial charge in [-0.25, -0.2) is 8.78 Å². The zero-order valence-electron chi connectivity index (χ0n) is 8.94. The summed E-state index contributed by atoms with van der Waals surface area (Å²) < 4.78 is 35.0. The van der Waals surface area contributed by atoms with Crippen LogP contribution in [0.1, 0.15) is 11.6 Å². The minimum Gasteiger partial charge on any atom is -0.496 e. The number of hydrogen-bond donors (Lipinski definition) is 1. The molecule has 1 aromatic rings. The zero-order chi connectivity index (χ0) is 11.4. The molecule has 0 aliphatic rings. The maximum Gasteiger partial charge on any atom is 0.257 e. The van der Waals surface area contributed by atoms with E-state index in [1.165, 1.54) is 14.2 Å². The maximum atomic E-state index is 12.5. The van der Waals surface area contributed by atoms with Crippen LogP contribution in [0.2, 0.25) is 0 Å². The van der Waals surface area contributed by atoms with E-state index in [0.717, 1.165) is 0 Å². The van der Waals surface area contributed by atoms with Crippen molar-refractivity contribution in [1.29, 1.82) is 0 Å². The van der Waals surface area contributed by atoms with Gasteiger partial charge in [-0.3, -0.25) is 0 Å². The molecule has 0 fully saturated rings. The lowest BCUT2D eigenvalue weighted by molar-refractivity contribution is 0.113. The number of methoxy groups -OCH3 is 2. The Morgan fingerprint density at radius 2 is 1.56 bits per heavy atom. The van der Waals surface area contributed by atoms with Crippen LogP contribution in [0.3, 0.4) is 0 Å². The number of halogens is 3. The molecule has 0 unspecified atom stereocenters. The molecule has 16 heavy (non-hydrogen) atoms. The third-order valence-corrected chi connectivity index (χ3v) is 2.07. The molecule has 1 atom stereocenters. The van der Waals surface area contributed by atoms with Gasteiger partial charge in [0.1, 0.15) is 11.5 Å². The van der Waals surface area contributed by atoms with E-state index in [1.54, 1.807) is 18.2 Å². The van der Waals surface area contributed by atoms with Gasteiger partial charge >= 0.3 is 0 Å². The topological polar surface area (TPSA) is 44.5 Å². The van der Waals surface area contributed by atoms with Crippen LogP contribution in [-0.2, 0) is 0 Å². The summed E-state index contributed by atoms with van der Waals surface area (Å²) in [6.07, 6.45) is -2.66. The van der Waals surface area contributed by atoms with Gasteiger partial charge in [-0.05, 0) is 12.1 Å². The lowest BCUT2D eigenvalue weighted by atomic mass is 10.1. The van der Waals surface area contributed by atoms with Gasteiger partial charge in [0.2, 0.25) is 0 Å². The third kappa shape index (κ3) is 2.96. The molecule has 1 aromatic carbocycles. The van der Waals surface area contributed by atoms with Crippen LogP contribution < -0.4 is 15.2 Å². The molecule has 0 heterocycles. The molecule has 0 bridgehead atoms. The number of nitrogens with two attached hydrogens (primary N) is 1. The second kappa shape index (κ2) is 6.50. The van der Waals surface area contributed by atoms with E-state index in [9.17, 15) is 8.78 Å². The van der Waals surface area contributed by atoms with Gasteiger partial charge < -0.3 is 15.2 Å². The van der Waals surface area contributed by atoms with Crippen LogP contribution >= 0.6 is 12.4 Å². The summed E-state index contributed by atoms with van der Waals surface area (Å²) in [5.41, 5.74) is 5.57. The summed E-state index contributed by atoms with van der Waals surface area (Å²) in [5, 5.41) is 0. The quantitative estimate of drug-likeness (QED) is 0.896. The smallest absolute Gasteiger partial charge is 0.257 e. The van der Waals surface area contributed by atoms with E-state index in [0.29, 0.717) is 11.5 Å². The van der Waals surface area contributed by atoms with Crippen LogP contribution in [0.15, 0.2) is 18.2 Å². The van der Waals surface area contributed by atoms with E-state index in [1.807, 2.05) is 0 Å². The van der Waals surface area contributed by atoms with Crippen molar-refractivity contribution < 1.29 is 18.3 Å². The van der Waals surface area contributed by atoms with Crippen molar-refractivity contribution in [3.05, 3.63) is 23.8 Å². The highest BCUT2D eigenvalue weighted by atomic mass is 35.5. The van der Waals surface area contributed by atoms with Crippen molar-refractivity contribution in [2.24, 2.45) is 5.73 Å². The molecule has 0 saturated heterocycles. The first-order valence-corrected chi connectivity index (χ1v) is 4.36. The summed E-state index contributed by atoms with van der Waals surface area (Å²) in [7, 11) is 2.80. The van der Waals surface area contributed by atoms with Crippen molar-refractivity contribution in [3.8, 4) is 11.5 Å². The molecular weight excluding hydrogens is 240 g/mol. The van der Waals surface area contributed by atoms with Gasteiger partial charge in [0.15, 0.2) is 0 Å². The third-order valence-electron chi connectivity index (χ3n) is 2.07. The van der Waals surface area contributed by atoms with Crippen molar-refractivity contribution >= 4 is 12.4 Å². The Hall–Kier alpha value is -1.07. The number of alkyl halides is 2. The summed E-state index contributed by atoms with van der Waals surface area (Å²) in [6, 6.07) is 3.38. The van der Waals surface area contributed by atoms with Gasteiger partial charge in [-0.2, -0.15) is 0 Å². The van der Waals surface area contributed by atoms with Gasteiger partial charge in [0.05, 0.1) is 25.8 Å². The van der Waals surface area contributed by atoms with Crippen molar-refractivity contribution in [1.82, 2.24) is 0 Å². The first-order valence-electron chi connectivity index (χ1n) is 4.36. The number of benzene rings is 1. The molecule has 0 aliphatic carbocycles. The van der Waals surface area contributed by atoms with Crippen molar-refractivity contribution in [3.63, 3.8) is 0 Å². The van der Waals surface area contributed by atoms with Crippen molar-refractivity contribution in [2.75, 3.05) is 14.2 Å². The molecule has 2 N–H and O–H groups in total. The summed E-state index contributed by atoms with van der Waals surface area (Å²) in [4.78, 5) is 0. The zero-order valence-corrected chi connectivity index (χ0v) is 9.76. The van der Waals surface area contributed by atoms with Crippen LogP contribution in [0.4, 0.5) is 8.78 Å². The number of rotatable bonds is 4. The van der Waals surface area contributed by atoms with E-state index in [4.69, 9.17) is 15.2 Å². The lowest BCUT2D eigenvalue weighted by Gasteiger charge is -2.17. The Morgan fingerprint density at radius 1 is 1.12 bits per heavy atom. The second-order valence-electron chi connectivity index (χ2n) is 2.94. The average molecular weight is 254 g/mol. The van der Waals surface area contributed by atoms with Crippen LogP contribution in [0.25, 0.3) is 0 Å². The fourth-order valence-corrected chi connectivity index (χ4v) is 1.33. The van der Waals surface area contributed by atoms with Gasteiger partial charge in [0.25, 0.3) is 6.43 Å². The Labute approximate surface area is 98.9 Å². The monoisotopic (exact) mass is 253 g/mol. The van der Waals surface area contributed by atoms with Crippen LogP contribution in [-0.4, -0.2) is 20.6 Å². The normalized spacial score (nSPS) is 11.9. The van der Waals surface area contributed by atoms with E-state index in [-0.39, 0.29) is 18.0 Å². The molecule has 3 nitrogen and oxygen atoms in total. The summed E-state index contributed by atoms with van der Waals surface area (Å²) in [5.74, 6) is 0.615. The van der Waals surface area contributed by atoms with E-state index < -0.39 is 12.5 Å². The predicted octanol–water partition coefficient (Wildman–Crippen LogP) is 2.39. The number of hydrogen-bond acceptors (Lipinski definition) is 3. The Bertz CT molecular complexity index is 314. The van der Waals surface area contributed by atoms with Gasteiger partial charge in [-0.15, -0.1) is 12.4 Å². The molecular formula is C10H14ClF2NO2. The first-order chi connectivity index (χ1) is 7.11. The van der Waals surface area contributed by atoms with E-state index in [2.05, 4.69) is 0 Å². The molecule has 6 heteroatoms. The Kier molecular flexibility index (Phi) is 6.06. The minimum absolute atomic E-state index is 0. The molecule has 0 spiro atoms. The minimum atomic E-state index is -2.66. The lowest BCUT2D eigenvalue weighted by Crippen LogP contribution is -2.20. The number of ether oxygens (including phenoxy) is 2. The molecule has 0 aliphatic heterocycles. The highest BCUT2D eigenvalue weighted by Crippen LogP contribution is 2.35. The van der Waals surface area contributed by atoms with Gasteiger partial charge in [-0.1, -0.05) is 6.07 Å². The average Bonchev–Trinajstić information content (AvgIpc) is 2.26. The molecule has 92 valence electrons. The second-order valence-corrected chi connectivity index (χ2v) is 2.94. The van der Waals surface area contributed by atoms with Crippen molar-refractivity contribution in [2.45, 2.75) is 12.5 Å². The fourth-order valence-electron chi connectivity index (χ4n) is 1.33. The summed E-state index contributed by atoms with van der Waals surface area (Å²) >= 11 is 0. The fraction of sp³-hybridized carbons (Fsp3) is 0.400. The summed E-state index contributed by atoms with van der Waals surface area (Å²) in [6.45, 7) is 0. The van der Waals surface area contributed by atoms with E-state index >= 15 is 0 Å². The predicted molar refractivity (Wildman–Crippen MR) is 59.7 cm³/mol. The first kappa shape index (κ1) is 14.9. The Morgan fingerprint density at radius 3 is 1.88 bits per heavy atom. The van der Waals surface area contributed by atoms with Gasteiger partial charge in [0, 0.05) is 0 Å². The maximum absolute atomic E-state index is 12.5. The molecule has 0 saturated carbocycles. The molecule has 1 rings (SSSR count).